The second-order valence-electron chi connectivity index (χ2n) is 7.26. The molecule has 1 saturated heterocycles. The molecule has 2 heterocycles. The molecule has 154 valence electrons. The predicted molar refractivity (Wildman–Crippen MR) is 106 cm³/mol. The van der Waals surface area contributed by atoms with Crippen LogP contribution in [0.15, 0.2) is 18.2 Å². The normalized spacial score (nSPS) is 17.5. The summed E-state index contributed by atoms with van der Waals surface area (Å²) in [6.07, 6.45) is -1.15. The van der Waals surface area contributed by atoms with E-state index in [9.17, 15) is 9.59 Å². The molecule has 0 N–H and O–H groups in total. The molecule has 0 unspecified atom stereocenters. The van der Waals surface area contributed by atoms with Crippen LogP contribution < -0.4 is 4.90 Å². The maximum absolute atomic E-state index is 13.4. The summed E-state index contributed by atoms with van der Waals surface area (Å²) in [6.45, 7) is 9.09. The summed E-state index contributed by atoms with van der Waals surface area (Å²) in [5.74, 6) is -0.0893. The minimum Gasteiger partial charge on any atom is -0.447 e. The lowest BCUT2D eigenvalue weighted by atomic mass is 9.75. The Bertz CT molecular complexity index is 742. The Labute approximate surface area is 170 Å². The van der Waals surface area contributed by atoms with Crippen LogP contribution in [0.1, 0.15) is 33.3 Å². The molecule has 0 atom stereocenters. The van der Waals surface area contributed by atoms with Gasteiger partial charge in [-0.05, 0) is 39.8 Å². The summed E-state index contributed by atoms with van der Waals surface area (Å²) in [6, 6.07) is 5.47. The number of nitrogens with zero attached hydrogens (tertiary/aromatic N) is 2. The largest absolute Gasteiger partial charge is 0.447 e. The molecule has 2 aliphatic rings. The molecule has 3 rings (SSSR count). The van der Waals surface area contributed by atoms with Crippen molar-refractivity contribution in [3.63, 3.8) is 0 Å². The number of ether oxygens (including phenoxy) is 3. The smallest absolute Gasteiger partial charge is 0.410 e. The van der Waals surface area contributed by atoms with Crippen molar-refractivity contribution < 1.29 is 23.8 Å². The number of rotatable bonds is 7. The van der Waals surface area contributed by atoms with Crippen LogP contribution in [-0.4, -0.2) is 62.1 Å². The van der Waals surface area contributed by atoms with Crippen LogP contribution in [0.2, 0.25) is 5.02 Å². The Morgan fingerprint density at radius 2 is 1.86 bits per heavy atom. The summed E-state index contributed by atoms with van der Waals surface area (Å²) >= 11 is 6.49. The fourth-order valence-electron chi connectivity index (χ4n) is 3.85. The Balaban J connectivity index is 1.87. The van der Waals surface area contributed by atoms with Crippen LogP contribution in [-0.2, 0) is 24.4 Å². The Kier molecular flexibility index (Phi) is 6.17. The molecule has 0 aromatic heterocycles. The van der Waals surface area contributed by atoms with Crippen molar-refractivity contribution in [1.29, 1.82) is 0 Å². The van der Waals surface area contributed by atoms with Gasteiger partial charge in [-0.2, -0.15) is 0 Å². The maximum Gasteiger partial charge on any atom is 0.410 e. The van der Waals surface area contributed by atoms with E-state index in [0.717, 1.165) is 11.3 Å². The molecule has 0 saturated carbocycles. The molecule has 1 spiro atoms. The zero-order valence-electron chi connectivity index (χ0n) is 16.7. The number of anilines is 1. The lowest BCUT2D eigenvalue weighted by molar-refractivity contribution is -0.139. The van der Waals surface area contributed by atoms with Gasteiger partial charge in [0.2, 0.25) is 5.91 Å². The quantitative estimate of drug-likeness (QED) is 0.646. The molecule has 2 amide bonds. The van der Waals surface area contributed by atoms with Crippen molar-refractivity contribution in [3.8, 4) is 0 Å². The first-order valence-electron chi connectivity index (χ1n) is 9.63. The van der Waals surface area contributed by atoms with Crippen molar-refractivity contribution in [1.82, 2.24) is 4.90 Å². The highest BCUT2D eigenvalue weighted by molar-refractivity contribution is 6.33. The first-order chi connectivity index (χ1) is 13.3. The van der Waals surface area contributed by atoms with E-state index in [1.165, 1.54) is 4.90 Å². The molecule has 1 aromatic carbocycles. The number of halogens is 1. The molecular formula is C20H27ClN2O5. The molecule has 28 heavy (non-hydrogen) atoms. The lowest BCUT2D eigenvalue weighted by Gasteiger charge is -2.46. The highest BCUT2D eigenvalue weighted by atomic mass is 35.5. The summed E-state index contributed by atoms with van der Waals surface area (Å²) < 4.78 is 16.5. The summed E-state index contributed by atoms with van der Waals surface area (Å²) in [4.78, 5) is 28.9. The van der Waals surface area contributed by atoms with Crippen molar-refractivity contribution >= 4 is 29.3 Å². The van der Waals surface area contributed by atoms with E-state index in [1.54, 1.807) is 24.8 Å². The topological polar surface area (TPSA) is 68.3 Å². The number of amides is 2. The molecule has 1 aromatic rings. The number of hydrogen-bond donors (Lipinski definition) is 0. The summed E-state index contributed by atoms with van der Waals surface area (Å²) in [7, 11) is 0. The van der Waals surface area contributed by atoms with Crippen molar-refractivity contribution in [2.24, 2.45) is 0 Å². The van der Waals surface area contributed by atoms with Gasteiger partial charge in [-0.15, -0.1) is 0 Å². The number of likely N-dealkylation sites (tertiary alicyclic amines) is 1. The fraction of sp³-hybridized carbons (Fsp3) is 0.600. The Hall–Kier alpha value is -1.83. The highest BCUT2D eigenvalue weighted by Crippen LogP contribution is 2.50. The number of carbonyl (C=O) groups is 2. The van der Waals surface area contributed by atoms with Crippen molar-refractivity contribution in [2.45, 2.75) is 45.5 Å². The lowest BCUT2D eigenvalue weighted by Crippen LogP contribution is -2.65. The molecule has 0 bridgehead atoms. The van der Waals surface area contributed by atoms with Gasteiger partial charge in [0.05, 0.1) is 12.6 Å². The van der Waals surface area contributed by atoms with Crippen molar-refractivity contribution in [3.05, 3.63) is 28.8 Å². The molecule has 0 radical (unpaired) electrons. The van der Waals surface area contributed by atoms with Gasteiger partial charge in [0.25, 0.3) is 0 Å². The second-order valence-corrected chi connectivity index (χ2v) is 7.67. The third-order valence-electron chi connectivity index (χ3n) is 4.97. The van der Waals surface area contributed by atoms with Gasteiger partial charge in [0, 0.05) is 42.6 Å². The molecule has 1 fully saturated rings. The van der Waals surface area contributed by atoms with E-state index < -0.39 is 17.8 Å². The fourth-order valence-corrected chi connectivity index (χ4v) is 4.20. The van der Waals surface area contributed by atoms with E-state index >= 15 is 0 Å². The number of hydrogen-bond acceptors (Lipinski definition) is 5. The van der Waals surface area contributed by atoms with Gasteiger partial charge in [0.1, 0.15) is 5.41 Å². The SMILES string of the molecule is CCOC(CN1C(=O)C2(CN(C(=O)OC(C)C)C2)c2c(Cl)cccc21)OCC. The maximum atomic E-state index is 13.4. The third kappa shape index (κ3) is 3.58. The van der Waals surface area contributed by atoms with E-state index in [4.69, 9.17) is 25.8 Å². The first-order valence-corrected chi connectivity index (χ1v) is 10.0. The van der Waals surface area contributed by atoms with E-state index in [0.29, 0.717) is 18.2 Å². The first kappa shape index (κ1) is 20.9. The van der Waals surface area contributed by atoms with Gasteiger partial charge in [-0.25, -0.2) is 4.79 Å². The van der Waals surface area contributed by atoms with E-state index in [-0.39, 0.29) is 31.6 Å². The van der Waals surface area contributed by atoms with Gasteiger partial charge in [-0.1, -0.05) is 17.7 Å². The van der Waals surface area contributed by atoms with Crippen LogP contribution in [0.4, 0.5) is 10.5 Å². The average molecular weight is 411 g/mol. The minimum absolute atomic E-state index is 0.0893. The Morgan fingerprint density at radius 1 is 1.21 bits per heavy atom. The standard InChI is InChI=1S/C20H27ClN2O5/c1-5-26-16(27-6-2)10-23-15-9-7-8-14(21)17(15)20(18(23)24)11-22(12-20)19(25)28-13(3)4/h7-9,13,16H,5-6,10-12H2,1-4H3. The van der Waals surface area contributed by atoms with Gasteiger partial charge in [0.15, 0.2) is 6.29 Å². The van der Waals surface area contributed by atoms with Crippen LogP contribution in [0, 0.1) is 0 Å². The van der Waals surface area contributed by atoms with Gasteiger partial charge < -0.3 is 24.0 Å². The summed E-state index contributed by atoms with van der Waals surface area (Å²) in [5, 5.41) is 0.523. The van der Waals surface area contributed by atoms with Crippen LogP contribution >= 0.6 is 11.6 Å². The predicted octanol–water partition coefficient (Wildman–Crippen LogP) is 3.18. The van der Waals surface area contributed by atoms with Crippen LogP contribution in [0.5, 0.6) is 0 Å². The second kappa shape index (κ2) is 8.27. The third-order valence-corrected chi connectivity index (χ3v) is 5.28. The number of fused-ring (bicyclic) bond motifs is 2. The molecule has 2 aliphatic heterocycles. The van der Waals surface area contributed by atoms with Gasteiger partial charge in [-0.3, -0.25) is 4.79 Å². The monoisotopic (exact) mass is 410 g/mol. The van der Waals surface area contributed by atoms with E-state index in [2.05, 4.69) is 0 Å². The number of carbonyl (C=O) groups excluding carboxylic acids is 2. The van der Waals surface area contributed by atoms with E-state index in [1.807, 2.05) is 26.0 Å². The Morgan fingerprint density at radius 3 is 2.43 bits per heavy atom. The van der Waals surface area contributed by atoms with Crippen LogP contribution in [0.3, 0.4) is 0 Å². The molecule has 7 nitrogen and oxygen atoms in total. The summed E-state index contributed by atoms with van der Waals surface area (Å²) in [5.41, 5.74) is 0.674. The number of benzene rings is 1. The van der Waals surface area contributed by atoms with Crippen molar-refractivity contribution in [2.75, 3.05) is 37.7 Å². The molecule has 0 aliphatic carbocycles. The van der Waals surface area contributed by atoms with Gasteiger partial charge >= 0.3 is 6.09 Å². The molecule has 8 heteroatoms. The molecular weight excluding hydrogens is 384 g/mol. The average Bonchev–Trinajstić information content (AvgIpc) is 2.83. The zero-order valence-corrected chi connectivity index (χ0v) is 17.5. The minimum atomic E-state index is -0.841. The zero-order chi connectivity index (χ0) is 20.5. The van der Waals surface area contributed by atoms with Crippen LogP contribution in [0.25, 0.3) is 0 Å². The highest BCUT2D eigenvalue weighted by Gasteiger charge is 2.60.